The number of nitrogens with one attached hydrogen (secondary N) is 1. The third kappa shape index (κ3) is 4.04. The number of nitrogens with zero attached hydrogens (tertiary/aromatic N) is 1. The first-order valence-corrected chi connectivity index (χ1v) is 9.92. The molecule has 0 bridgehead atoms. The summed E-state index contributed by atoms with van der Waals surface area (Å²) in [6, 6.07) is 8.62. The molecule has 1 fully saturated rings. The van der Waals surface area contributed by atoms with Crippen LogP contribution < -0.4 is 5.32 Å². The molecule has 1 aliphatic carbocycles. The SMILES string of the molecule is CCC(C)c1ccc(-c2csc(NC(=O)C3CCCCC3)n2)cc1. The topological polar surface area (TPSA) is 42.0 Å². The maximum atomic E-state index is 12.3. The highest BCUT2D eigenvalue weighted by Crippen LogP contribution is 2.29. The summed E-state index contributed by atoms with van der Waals surface area (Å²) >= 11 is 1.51. The second-order valence-electron chi connectivity index (χ2n) is 6.79. The van der Waals surface area contributed by atoms with E-state index >= 15 is 0 Å². The Morgan fingerprint density at radius 3 is 2.62 bits per heavy atom. The number of carbonyl (C=O) groups is 1. The summed E-state index contributed by atoms with van der Waals surface area (Å²) in [5.74, 6) is 0.892. The molecule has 1 saturated carbocycles. The molecule has 0 saturated heterocycles. The summed E-state index contributed by atoms with van der Waals surface area (Å²) in [6.07, 6.45) is 6.78. The maximum Gasteiger partial charge on any atom is 0.229 e. The number of carbonyl (C=O) groups excluding carboxylic acids is 1. The minimum Gasteiger partial charge on any atom is -0.302 e. The van der Waals surface area contributed by atoms with E-state index in [1.54, 1.807) is 0 Å². The first kappa shape index (κ1) is 17.2. The van der Waals surface area contributed by atoms with Gasteiger partial charge in [-0.25, -0.2) is 4.98 Å². The standard InChI is InChI=1S/C20H26N2OS/c1-3-14(2)15-9-11-16(12-10-15)18-13-24-20(21-18)22-19(23)17-7-5-4-6-8-17/h9-14,17H,3-8H2,1-2H3,(H,21,22,23). The minimum absolute atomic E-state index is 0.141. The highest BCUT2D eigenvalue weighted by Gasteiger charge is 2.21. The van der Waals surface area contributed by atoms with Crippen LogP contribution in [0, 0.1) is 5.92 Å². The molecular weight excluding hydrogens is 316 g/mol. The van der Waals surface area contributed by atoms with Crippen LogP contribution in [0.5, 0.6) is 0 Å². The van der Waals surface area contributed by atoms with Gasteiger partial charge in [-0.15, -0.1) is 11.3 Å². The normalized spacial score (nSPS) is 16.8. The molecule has 1 aliphatic rings. The molecule has 0 spiro atoms. The van der Waals surface area contributed by atoms with E-state index in [-0.39, 0.29) is 11.8 Å². The van der Waals surface area contributed by atoms with Crippen LogP contribution >= 0.6 is 11.3 Å². The fourth-order valence-corrected chi connectivity index (χ4v) is 3.98. The number of aromatic nitrogens is 1. The predicted molar refractivity (Wildman–Crippen MR) is 101 cm³/mol. The lowest BCUT2D eigenvalue weighted by Gasteiger charge is -2.19. The van der Waals surface area contributed by atoms with E-state index in [0.29, 0.717) is 11.0 Å². The number of hydrogen-bond acceptors (Lipinski definition) is 3. The van der Waals surface area contributed by atoms with E-state index in [4.69, 9.17) is 0 Å². The molecule has 0 aliphatic heterocycles. The van der Waals surface area contributed by atoms with Gasteiger partial charge in [-0.1, -0.05) is 57.4 Å². The van der Waals surface area contributed by atoms with Crippen molar-refractivity contribution in [2.45, 2.75) is 58.3 Å². The molecule has 1 amide bonds. The van der Waals surface area contributed by atoms with E-state index in [1.807, 2.05) is 5.38 Å². The van der Waals surface area contributed by atoms with Crippen LogP contribution in [-0.2, 0) is 4.79 Å². The molecule has 3 rings (SSSR count). The lowest BCUT2D eigenvalue weighted by molar-refractivity contribution is -0.120. The monoisotopic (exact) mass is 342 g/mol. The Morgan fingerprint density at radius 2 is 1.96 bits per heavy atom. The highest BCUT2D eigenvalue weighted by atomic mass is 32.1. The zero-order valence-electron chi connectivity index (χ0n) is 14.5. The Bertz CT molecular complexity index is 671. The predicted octanol–water partition coefficient (Wildman–Crippen LogP) is 5.84. The Hall–Kier alpha value is -1.68. The third-order valence-electron chi connectivity index (χ3n) is 5.10. The Kier molecular flexibility index (Phi) is 5.67. The van der Waals surface area contributed by atoms with E-state index in [0.717, 1.165) is 30.5 Å². The zero-order chi connectivity index (χ0) is 16.9. The van der Waals surface area contributed by atoms with Crippen molar-refractivity contribution in [3.63, 3.8) is 0 Å². The van der Waals surface area contributed by atoms with Crippen molar-refractivity contribution in [2.24, 2.45) is 5.92 Å². The third-order valence-corrected chi connectivity index (χ3v) is 5.86. The van der Waals surface area contributed by atoms with Crippen LogP contribution in [0.3, 0.4) is 0 Å². The number of anilines is 1. The van der Waals surface area contributed by atoms with Crippen molar-refractivity contribution in [2.75, 3.05) is 5.32 Å². The number of rotatable bonds is 5. The number of hydrogen-bond donors (Lipinski definition) is 1. The molecule has 0 radical (unpaired) electrons. The molecule has 1 heterocycles. The van der Waals surface area contributed by atoms with Crippen molar-refractivity contribution >= 4 is 22.4 Å². The van der Waals surface area contributed by atoms with Crippen molar-refractivity contribution in [1.82, 2.24) is 4.98 Å². The summed E-state index contributed by atoms with van der Waals surface area (Å²) in [5, 5.41) is 5.75. The van der Waals surface area contributed by atoms with Crippen LogP contribution in [0.15, 0.2) is 29.6 Å². The fourth-order valence-electron chi connectivity index (χ4n) is 3.25. The lowest BCUT2D eigenvalue weighted by Crippen LogP contribution is -2.24. The molecule has 2 aromatic rings. The van der Waals surface area contributed by atoms with E-state index in [1.165, 1.54) is 36.2 Å². The van der Waals surface area contributed by atoms with Gasteiger partial charge in [0.05, 0.1) is 5.69 Å². The van der Waals surface area contributed by atoms with Gasteiger partial charge in [0, 0.05) is 16.9 Å². The second-order valence-corrected chi connectivity index (χ2v) is 7.65. The average molecular weight is 343 g/mol. The Balaban J connectivity index is 1.65. The molecule has 3 nitrogen and oxygen atoms in total. The smallest absolute Gasteiger partial charge is 0.229 e. The average Bonchev–Trinajstić information content (AvgIpc) is 3.10. The van der Waals surface area contributed by atoms with Gasteiger partial charge in [-0.2, -0.15) is 0 Å². The van der Waals surface area contributed by atoms with Crippen LogP contribution in [0.2, 0.25) is 0 Å². The van der Waals surface area contributed by atoms with Gasteiger partial charge in [0.25, 0.3) is 0 Å². The van der Waals surface area contributed by atoms with Crippen LogP contribution in [0.4, 0.5) is 5.13 Å². The van der Waals surface area contributed by atoms with Gasteiger partial charge in [-0.3, -0.25) is 4.79 Å². The molecule has 1 aromatic carbocycles. The molecular formula is C20H26N2OS. The Labute approximate surface area is 148 Å². The quantitative estimate of drug-likeness (QED) is 0.741. The summed E-state index contributed by atoms with van der Waals surface area (Å²) in [7, 11) is 0. The van der Waals surface area contributed by atoms with Crippen molar-refractivity contribution in [1.29, 1.82) is 0 Å². The molecule has 1 N–H and O–H groups in total. The van der Waals surface area contributed by atoms with Crippen molar-refractivity contribution in [3.05, 3.63) is 35.2 Å². The van der Waals surface area contributed by atoms with Gasteiger partial charge >= 0.3 is 0 Å². The molecule has 4 heteroatoms. The summed E-state index contributed by atoms with van der Waals surface area (Å²) < 4.78 is 0. The molecule has 1 aromatic heterocycles. The molecule has 1 atom stereocenters. The summed E-state index contributed by atoms with van der Waals surface area (Å²) in [5.41, 5.74) is 3.41. The van der Waals surface area contributed by atoms with Crippen LogP contribution in [-0.4, -0.2) is 10.9 Å². The van der Waals surface area contributed by atoms with Crippen LogP contribution in [0.1, 0.15) is 63.9 Å². The van der Waals surface area contributed by atoms with Crippen molar-refractivity contribution < 1.29 is 4.79 Å². The second kappa shape index (κ2) is 7.93. The Morgan fingerprint density at radius 1 is 1.25 bits per heavy atom. The van der Waals surface area contributed by atoms with E-state index in [9.17, 15) is 4.79 Å². The van der Waals surface area contributed by atoms with Gasteiger partial charge in [0.2, 0.25) is 5.91 Å². The zero-order valence-corrected chi connectivity index (χ0v) is 15.4. The summed E-state index contributed by atoms with van der Waals surface area (Å²) in [4.78, 5) is 16.9. The van der Waals surface area contributed by atoms with Crippen LogP contribution in [0.25, 0.3) is 11.3 Å². The minimum atomic E-state index is 0.141. The summed E-state index contributed by atoms with van der Waals surface area (Å²) in [6.45, 7) is 4.46. The first-order chi connectivity index (χ1) is 11.7. The van der Waals surface area contributed by atoms with E-state index in [2.05, 4.69) is 48.4 Å². The number of thiazole rings is 1. The number of benzene rings is 1. The number of amides is 1. The van der Waals surface area contributed by atoms with Gasteiger partial charge < -0.3 is 5.32 Å². The highest BCUT2D eigenvalue weighted by molar-refractivity contribution is 7.14. The molecule has 1 unspecified atom stereocenters. The largest absolute Gasteiger partial charge is 0.302 e. The molecule has 128 valence electrons. The van der Waals surface area contributed by atoms with E-state index < -0.39 is 0 Å². The lowest BCUT2D eigenvalue weighted by atomic mass is 9.89. The van der Waals surface area contributed by atoms with Gasteiger partial charge in [0.1, 0.15) is 0 Å². The van der Waals surface area contributed by atoms with Crippen molar-refractivity contribution in [3.8, 4) is 11.3 Å². The first-order valence-electron chi connectivity index (χ1n) is 9.04. The van der Waals surface area contributed by atoms with Gasteiger partial charge in [0.15, 0.2) is 5.13 Å². The van der Waals surface area contributed by atoms with Gasteiger partial charge in [-0.05, 0) is 30.7 Å². The molecule has 24 heavy (non-hydrogen) atoms. The maximum absolute atomic E-state index is 12.3. The fraction of sp³-hybridized carbons (Fsp3) is 0.500.